The minimum absolute atomic E-state index is 0.332. The Hall–Kier alpha value is -4.04. The van der Waals surface area contributed by atoms with Crippen LogP contribution in [0.3, 0.4) is 0 Å². The van der Waals surface area contributed by atoms with E-state index in [1.165, 1.54) is 6.07 Å². The molecule has 2 heterocycles. The second-order valence-corrected chi connectivity index (χ2v) is 9.28. The van der Waals surface area contributed by atoms with Crippen molar-refractivity contribution in [2.45, 2.75) is 32.9 Å². The van der Waals surface area contributed by atoms with E-state index in [9.17, 15) is 9.18 Å². The van der Waals surface area contributed by atoms with E-state index in [4.69, 9.17) is 4.74 Å². The van der Waals surface area contributed by atoms with Gasteiger partial charge in [0, 0.05) is 36.3 Å². The third-order valence-electron chi connectivity index (χ3n) is 5.32. The average molecular weight is 488 g/mol. The van der Waals surface area contributed by atoms with Crippen LogP contribution in [0.5, 0.6) is 0 Å². The molecule has 0 radical (unpaired) electrons. The minimum atomic E-state index is -0.547. The molecule has 0 bridgehead atoms. The van der Waals surface area contributed by atoms with E-state index in [-0.39, 0.29) is 5.82 Å². The summed E-state index contributed by atoms with van der Waals surface area (Å²) in [5.41, 5.74) is 3.97. The first-order valence-corrected chi connectivity index (χ1v) is 11.8. The van der Waals surface area contributed by atoms with Crippen molar-refractivity contribution in [3.63, 3.8) is 0 Å². The number of rotatable bonds is 8. The van der Waals surface area contributed by atoms with Gasteiger partial charge in [-0.15, -0.1) is 0 Å². The molecular weight excluding hydrogens is 457 g/mol. The molecule has 0 unspecified atom stereocenters. The number of ether oxygens (including phenoxy) is 1. The predicted molar refractivity (Wildman–Crippen MR) is 138 cm³/mol. The van der Waals surface area contributed by atoms with Crippen molar-refractivity contribution < 1.29 is 13.9 Å². The maximum Gasteiger partial charge on any atom is 0.407 e. The van der Waals surface area contributed by atoms with E-state index in [1.807, 2.05) is 63.2 Å². The van der Waals surface area contributed by atoms with Crippen molar-refractivity contribution >= 4 is 6.09 Å². The second-order valence-electron chi connectivity index (χ2n) is 9.28. The highest BCUT2D eigenvalue weighted by Gasteiger charge is 2.18. The number of aromatic nitrogens is 3. The zero-order valence-corrected chi connectivity index (χ0v) is 20.7. The monoisotopic (exact) mass is 487 g/mol. The molecule has 186 valence electrons. The number of alkyl carbamates (subject to hydrolysis) is 1. The number of nitrogens with one attached hydrogen (secondary N) is 2. The fourth-order valence-corrected chi connectivity index (χ4v) is 3.73. The van der Waals surface area contributed by atoms with Crippen molar-refractivity contribution in [1.82, 2.24) is 25.4 Å². The molecule has 4 aromatic rings. The van der Waals surface area contributed by atoms with Crippen molar-refractivity contribution in [3.05, 3.63) is 90.5 Å². The number of carbonyl (C=O) groups excluding carboxylic acids is 1. The van der Waals surface area contributed by atoms with Crippen LogP contribution in [0.25, 0.3) is 28.2 Å². The Morgan fingerprint density at radius 1 is 0.972 bits per heavy atom. The molecule has 0 saturated carbocycles. The summed E-state index contributed by atoms with van der Waals surface area (Å²) >= 11 is 0. The maximum atomic E-state index is 14.8. The van der Waals surface area contributed by atoms with E-state index in [2.05, 4.69) is 20.7 Å². The van der Waals surface area contributed by atoms with Crippen LogP contribution in [-0.2, 0) is 11.3 Å². The summed E-state index contributed by atoms with van der Waals surface area (Å²) in [5, 5.41) is 10.6. The van der Waals surface area contributed by atoms with Gasteiger partial charge in [-0.2, -0.15) is 5.10 Å². The first kappa shape index (κ1) is 25.1. The number of benzene rings is 2. The Bertz CT molecular complexity index is 1300. The van der Waals surface area contributed by atoms with Crippen LogP contribution in [0, 0.1) is 5.82 Å². The molecule has 0 saturated heterocycles. The summed E-state index contributed by atoms with van der Waals surface area (Å²) in [6.07, 6.45) is 3.00. The number of amides is 1. The topological polar surface area (TPSA) is 81.1 Å². The number of hydrogen-bond acceptors (Lipinski definition) is 5. The zero-order valence-electron chi connectivity index (χ0n) is 20.7. The zero-order chi connectivity index (χ0) is 25.5. The number of carbonyl (C=O) groups is 1. The fraction of sp³-hybridized carbons (Fsp3) is 0.250. The van der Waals surface area contributed by atoms with Crippen molar-refractivity contribution in [2.24, 2.45) is 0 Å². The summed E-state index contributed by atoms with van der Waals surface area (Å²) in [4.78, 5) is 16.4. The van der Waals surface area contributed by atoms with Gasteiger partial charge in [-0.3, -0.25) is 4.98 Å². The summed E-state index contributed by atoms with van der Waals surface area (Å²) in [6, 6.07) is 20.4. The van der Waals surface area contributed by atoms with Gasteiger partial charge in [0.05, 0.1) is 29.5 Å². The lowest BCUT2D eigenvalue weighted by Gasteiger charge is -2.19. The van der Waals surface area contributed by atoms with Crippen molar-refractivity contribution in [3.8, 4) is 28.2 Å². The summed E-state index contributed by atoms with van der Waals surface area (Å²) in [6.45, 7) is 6.79. The SMILES string of the molecule is CC(C)(C)OC(=O)NCCNCc1cnn(-c2ccc(-c3ccccc3)nc2)c1-c1ccccc1F. The summed E-state index contributed by atoms with van der Waals surface area (Å²) in [5.74, 6) is -0.332. The summed E-state index contributed by atoms with van der Waals surface area (Å²) in [7, 11) is 0. The predicted octanol–water partition coefficient (Wildman–Crippen LogP) is 5.35. The molecule has 2 aromatic carbocycles. The van der Waals surface area contributed by atoms with Crippen LogP contribution in [0.1, 0.15) is 26.3 Å². The molecule has 0 atom stereocenters. The third kappa shape index (κ3) is 6.34. The normalized spacial score (nSPS) is 11.3. The molecule has 2 aromatic heterocycles. The number of nitrogens with zero attached hydrogens (tertiary/aromatic N) is 3. The van der Waals surface area contributed by atoms with E-state index in [0.717, 1.165) is 22.5 Å². The highest BCUT2D eigenvalue weighted by molar-refractivity contribution is 5.68. The van der Waals surface area contributed by atoms with Crippen LogP contribution in [0.4, 0.5) is 9.18 Å². The van der Waals surface area contributed by atoms with E-state index >= 15 is 0 Å². The quantitative estimate of drug-likeness (QED) is 0.327. The number of halogens is 1. The largest absolute Gasteiger partial charge is 0.444 e. The minimum Gasteiger partial charge on any atom is -0.444 e. The van der Waals surface area contributed by atoms with Crippen LogP contribution < -0.4 is 10.6 Å². The Morgan fingerprint density at radius 3 is 2.42 bits per heavy atom. The van der Waals surface area contributed by atoms with Gasteiger partial charge in [0.1, 0.15) is 11.4 Å². The molecular formula is C28H30FN5O2. The van der Waals surface area contributed by atoms with Crippen LogP contribution >= 0.6 is 0 Å². The Balaban J connectivity index is 1.51. The lowest BCUT2D eigenvalue weighted by atomic mass is 10.1. The Morgan fingerprint density at radius 2 is 1.72 bits per heavy atom. The third-order valence-corrected chi connectivity index (χ3v) is 5.32. The molecule has 36 heavy (non-hydrogen) atoms. The fourth-order valence-electron chi connectivity index (χ4n) is 3.73. The average Bonchev–Trinajstić information content (AvgIpc) is 3.27. The second kappa shape index (κ2) is 11.1. The van der Waals surface area contributed by atoms with Gasteiger partial charge in [-0.05, 0) is 45.0 Å². The van der Waals surface area contributed by atoms with Crippen molar-refractivity contribution in [2.75, 3.05) is 13.1 Å². The first-order chi connectivity index (χ1) is 17.3. The number of pyridine rings is 1. The van der Waals surface area contributed by atoms with Gasteiger partial charge in [-0.1, -0.05) is 42.5 Å². The van der Waals surface area contributed by atoms with E-state index in [0.29, 0.717) is 30.9 Å². The van der Waals surface area contributed by atoms with E-state index < -0.39 is 11.7 Å². The molecule has 8 heteroatoms. The molecule has 0 spiro atoms. The van der Waals surface area contributed by atoms with Gasteiger partial charge in [-0.25, -0.2) is 13.9 Å². The maximum absolute atomic E-state index is 14.8. The number of hydrogen-bond donors (Lipinski definition) is 2. The van der Waals surface area contributed by atoms with Crippen LogP contribution in [-0.4, -0.2) is 39.5 Å². The highest BCUT2D eigenvalue weighted by atomic mass is 19.1. The molecule has 0 aliphatic carbocycles. The van der Waals surface area contributed by atoms with Gasteiger partial charge >= 0.3 is 6.09 Å². The van der Waals surface area contributed by atoms with Crippen LogP contribution in [0.15, 0.2) is 79.1 Å². The van der Waals surface area contributed by atoms with Gasteiger partial charge in [0.15, 0.2) is 0 Å². The highest BCUT2D eigenvalue weighted by Crippen LogP contribution is 2.29. The van der Waals surface area contributed by atoms with Gasteiger partial charge in [0.2, 0.25) is 0 Å². The standard InChI is InChI=1S/C28H30FN5O2/c1-28(2,3)36-27(35)31-16-15-30-17-21-18-33-34(26(21)23-11-7-8-12-24(23)29)22-13-14-25(32-19-22)20-9-5-4-6-10-20/h4-14,18-19,30H,15-17H2,1-3H3,(H,31,35). The smallest absolute Gasteiger partial charge is 0.407 e. The Kier molecular flexibility index (Phi) is 7.75. The molecule has 7 nitrogen and oxygen atoms in total. The lowest BCUT2D eigenvalue weighted by Crippen LogP contribution is -2.36. The van der Waals surface area contributed by atoms with Gasteiger partial charge in [0.25, 0.3) is 0 Å². The molecule has 1 amide bonds. The molecule has 2 N–H and O–H groups in total. The molecule has 0 fully saturated rings. The lowest BCUT2D eigenvalue weighted by molar-refractivity contribution is 0.0528. The Labute approximate surface area is 210 Å². The van der Waals surface area contributed by atoms with Gasteiger partial charge < -0.3 is 15.4 Å². The summed E-state index contributed by atoms with van der Waals surface area (Å²) < 4.78 is 21.8. The molecule has 0 aliphatic heterocycles. The van der Waals surface area contributed by atoms with E-state index in [1.54, 1.807) is 35.3 Å². The van der Waals surface area contributed by atoms with Crippen molar-refractivity contribution in [1.29, 1.82) is 0 Å². The van der Waals surface area contributed by atoms with Crippen LogP contribution in [0.2, 0.25) is 0 Å². The first-order valence-electron chi connectivity index (χ1n) is 11.8. The molecule has 0 aliphatic rings. The molecule has 4 rings (SSSR count).